The number of nitro groups is 1. The number of hydrogen-bond donors (Lipinski definition) is 1. The van der Waals surface area contributed by atoms with Crippen LogP contribution in [0.5, 0.6) is 0 Å². The zero-order chi connectivity index (χ0) is 12.8. The molecule has 5 nitrogen and oxygen atoms in total. The number of anilines is 1. The predicted molar refractivity (Wildman–Crippen MR) is 62.6 cm³/mol. The molecule has 0 aliphatic heterocycles. The van der Waals surface area contributed by atoms with Crippen LogP contribution in [-0.2, 0) is 4.74 Å². The lowest BCUT2D eigenvalue weighted by atomic mass is 10.2. The Morgan fingerprint density at radius 1 is 1.59 bits per heavy atom. The molecule has 0 aromatic heterocycles. The van der Waals surface area contributed by atoms with Crippen molar-refractivity contribution in [2.45, 2.75) is 6.92 Å². The van der Waals surface area contributed by atoms with Gasteiger partial charge in [0.15, 0.2) is 5.82 Å². The molecule has 0 spiro atoms. The molecule has 17 heavy (non-hydrogen) atoms. The maximum Gasteiger partial charge on any atom is 0.295 e. The average molecular weight is 242 g/mol. The number of ether oxygens (including phenoxy) is 1. The van der Waals surface area contributed by atoms with Crippen molar-refractivity contribution in [3.05, 3.63) is 34.1 Å². The molecular weight excluding hydrogens is 227 g/mol. The van der Waals surface area contributed by atoms with Gasteiger partial charge in [-0.15, -0.1) is 0 Å². The van der Waals surface area contributed by atoms with Gasteiger partial charge in [0.05, 0.1) is 11.5 Å². The number of nitro benzene ring substituents is 1. The van der Waals surface area contributed by atoms with Gasteiger partial charge >= 0.3 is 0 Å². The van der Waals surface area contributed by atoms with Crippen LogP contribution in [0, 0.1) is 21.8 Å². The summed E-state index contributed by atoms with van der Waals surface area (Å²) >= 11 is 0. The standard InChI is InChI=1S/C11H15FN2O3/c1-8(7-17-2)6-13-11-9(12)4-3-5-10(11)14(15)16/h3-5,8,13H,6-7H2,1-2H3. The first-order valence-corrected chi connectivity index (χ1v) is 5.22. The van der Waals surface area contributed by atoms with E-state index in [1.807, 2.05) is 6.92 Å². The molecule has 1 aromatic carbocycles. The lowest BCUT2D eigenvalue weighted by Gasteiger charge is -2.13. The minimum absolute atomic E-state index is 0.0690. The van der Waals surface area contributed by atoms with Crippen molar-refractivity contribution < 1.29 is 14.1 Å². The largest absolute Gasteiger partial charge is 0.384 e. The van der Waals surface area contributed by atoms with Crippen molar-refractivity contribution in [1.82, 2.24) is 0 Å². The Labute approximate surface area is 98.7 Å². The van der Waals surface area contributed by atoms with Crippen molar-refractivity contribution in [1.29, 1.82) is 0 Å². The molecule has 0 fully saturated rings. The summed E-state index contributed by atoms with van der Waals surface area (Å²) in [6, 6.07) is 3.78. The molecule has 0 radical (unpaired) electrons. The number of rotatable bonds is 6. The molecule has 0 aliphatic carbocycles. The second kappa shape index (κ2) is 6.15. The lowest BCUT2D eigenvalue weighted by Crippen LogP contribution is -2.17. The first kappa shape index (κ1) is 13.4. The van der Waals surface area contributed by atoms with Gasteiger partial charge in [-0.05, 0) is 12.0 Å². The van der Waals surface area contributed by atoms with E-state index in [4.69, 9.17) is 4.74 Å². The van der Waals surface area contributed by atoms with E-state index < -0.39 is 10.7 Å². The first-order chi connectivity index (χ1) is 8.06. The van der Waals surface area contributed by atoms with Crippen molar-refractivity contribution in [2.24, 2.45) is 5.92 Å². The monoisotopic (exact) mass is 242 g/mol. The summed E-state index contributed by atoms with van der Waals surface area (Å²) < 4.78 is 18.4. The number of halogens is 1. The molecule has 6 heteroatoms. The summed E-state index contributed by atoms with van der Waals surface area (Å²) in [5.41, 5.74) is -0.324. The number of nitrogens with zero attached hydrogens (tertiary/aromatic N) is 1. The van der Waals surface area contributed by atoms with Gasteiger partial charge in [-0.25, -0.2) is 4.39 Å². The van der Waals surface area contributed by atoms with Gasteiger partial charge in [0.25, 0.3) is 5.69 Å². The van der Waals surface area contributed by atoms with E-state index in [9.17, 15) is 14.5 Å². The number of benzene rings is 1. The van der Waals surface area contributed by atoms with Crippen LogP contribution in [0.25, 0.3) is 0 Å². The summed E-state index contributed by atoms with van der Waals surface area (Å²) in [5.74, 6) is -0.483. The highest BCUT2D eigenvalue weighted by molar-refractivity contribution is 5.62. The second-order valence-corrected chi connectivity index (χ2v) is 3.83. The lowest BCUT2D eigenvalue weighted by molar-refractivity contribution is -0.384. The Morgan fingerprint density at radius 3 is 2.88 bits per heavy atom. The minimum atomic E-state index is -0.621. The van der Waals surface area contributed by atoms with Gasteiger partial charge in [-0.1, -0.05) is 13.0 Å². The van der Waals surface area contributed by atoms with Crippen molar-refractivity contribution >= 4 is 11.4 Å². The molecule has 1 unspecified atom stereocenters. The van der Waals surface area contributed by atoms with Gasteiger partial charge < -0.3 is 10.1 Å². The van der Waals surface area contributed by atoms with Crippen LogP contribution in [0.4, 0.5) is 15.8 Å². The highest BCUT2D eigenvalue weighted by Crippen LogP contribution is 2.26. The topological polar surface area (TPSA) is 64.4 Å². The fraction of sp³-hybridized carbons (Fsp3) is 0.455. The van der Waals surface area contributed by atoms with Gasteiger partial charge in [-0.2, -0.15) is 0 Å². The quantitative estimate of drug-likeness (QED) is 0.614. The molecule has 0 aliphatic rings. The highest BCUT2D eigenvalue weighted by atomic mass is 19.1. The van der Waals surface area contributed by atoms with Gasteiger partial charge in [0.2, 0.25) is 0 Å². The van der Waals surface area contributed by atoms with Crippen LogP contribution in [0.1, 0.15) is 6.92 Å². The highest BCUT2D eigenvalue weighted by Gasteiger charge is 2.17. The van der Waals surface area contributed by atoms with Crippen molar-refractivity contribution in [3.8, 4) is 0 Å². The summed E-state index contributed by atoms with van der Waals surface area (Å²) in [6.45, 7) is 2.83. The molecule has 0 amide bonds. The van der Waals surface area contributed by atoms with Crippen molar-refractivity contribution in [3.63, 3.8) is 0 Å². The van der Waals surface area contributed by atoms with Crippen LogP contribution in [0.2, 0.25) is 0 Å². The molecule has 0 saturated heterocycles. The van der Waals surface area contributed by atoms with Crippen LogP contribution in [0.15, 0.2) is 18.2 Å². The molecule has 0 saturated carbocycles. The normalized spacial score (nSPS) is 12.2. The summed E-state index contributed by atoms with van der Waals surface area (Å²) in [6.07, 6.45) is 0. The third kappa shape index (κ3) is 3.67. The Balaban J connectivity index is 2.79. The Hall–Kier alpha value is -1.69. The van der Waals surface area contributed by atoms with E-state index in [2.05, 4.69) is 5.32 Å². The number of para-hydroxylation sites is 1. The molecule has 0 bridgehead atoms. The van der Waals surface area contributed by atoms with Gasteiger partial charge in [-0.3, -0.25) is 10.1 Å². The van der Waals surface area contributed by atoms with E-state index in [0.29, 0.717) is 13.2 Å². The third-order valence-corrected chi connectivity index (χ3v) is 2.27. The molecular formula is C11H15FN2O3. The number of hydrogen-bond acceptors (Lipinski definition) is 4. The predicted octanol–water partition coefficient (Wildman–Crippen LogP) is 2.43. The van der Waals surface area contributed by atoms with E-state index in [1.165, 1.54) is 18.2 Å². The fourth-order valence-electron chi connectivity index (χ4n) is 1.46. The summed E-state index contributed by atoms with van der Waals surface area (Å²) in [4.78, 5) is 10.1. The second-order valence-electron chi connectivity index (χ2n) is 3.83. The zero-order valence-electron chi connectivity index (χ0n) is 9.77. The smallest absolute Gasteiger partial charge is 0.295 e. The third-order valence-electron chi connectivity index (χ3n) is 2.27. The van der Waals surface area contributed by atoms with E-state index in [-0.39, 0.29) is 17.3 Å². The van der Waals surface area contributed by atoms with Crippen LogP contribution < -0.4 is 5.32 Å². The molecule has 1 rings (SSSR count). The molecule has 0 heterocycles. The molecule has 1 aromatic rings. The minimum Gasteiger partial charge on any atom is -0.384 e. The van der Waals surface area contributed by atoms with E-state index >= 15 is 0 Å². The fourth-order valence-corrected chi connectivity index (χ4v) is 1.46. The molecule has 1 atom stereocenters. The van der Waals surface area contributed by atoms with E-state index in [0.717, 1.165) is 0 Å². The average Bonchev–Trinajstić information content (AvgIpc) is 2.27. The molecule has 94 valence electrons. The van der Waals surface area contributed by atoms with Crippen molar-refractivity contribution in [2.75, 3.05) is 25.6 Å². The van der Waals surface area contributed by atoms with Crippen LogP contribution in [-0.4, -0.2) is 25.2 Å². The number of nitrogens with one attached hydrogen (secondary N) is 1. The zero-order valence-corrected chi connectivity index (χ0v) is 9.77. The maximum absolute atomic E-state index is 13.4. The summed E-state index contributed by atoms with van der Waals surface area (Å²) in [5, 5.41) is 13.5. The Morgan fingerprint density at radius 2 is 2.29 bits per heavy atom. The van der Waals surface area contributed by atoms with Crippen LogP contribution >= 0.6 is 0 Å². The number of methoxy groups -OCH3 is 1. The van der Waals surface area contributed by atoms with E-state index in [1.54, 1.807) is 7.11 Å². The SMILES string of the molecule is COCC(C)CNc1c(F)cccc1[N+](=O)[O-]. The first-order valence-electron chi connectivity index (χ1n) is 5.22. The van der Waals surface area contributed by atoms with Gasteiger partial charge in [0, 0.05) is 19.7 Å². The Bertz CT molecular complexity index is 398. The van der Waals surface area contributed by atoms with Crippen LogP contribution in [0.3, 0.4) is 0 Å². The molecule has 1 N–H and O–H groups in total. The maximum atomic E-state index is 13.4. The summed E-state index contributed by atoms with van der Waals surface area (Å²) in [7, 11) is 1.57. The Kier molecular flexibility index (Phi) is 4.84. The van der Waals surface area contributed by atoms with Gasteiger partial charge in [0.1, 0.15) is 5.69 Å².